The average Bonchev–Trinajstić information content (AvgIpc) is 2.89. The highest BCUT2D eigenvalue weighted by molar-refractivity contribution is 5.97. The van der Waals surface area contributed by atoms with Crippen molar-refractivity contribution in [3.8, 4) is 0 Å². The van der Waals surface area contributed by atoms with Crippen LogP contribution in [0.1, 0.15) is 36.0 Å². The Hall–Kier alpha value is -3.17. The van der Waals surface area contributed by atoms with Crippen molar-refractivity contribution in [3.05, 3.63) is 48.2 Å². The molecule has 2 aliphatic rings. The van der Waals surface area contributed by atoms with Crippen LogP contribution >= 0.6 is 0 Å². The van der Waals surface area contributed by atoms with Gasteiger partial charge in [-0.15, -0.1) is 0 Å². The molecule has 4 rings (SSSR count). The number of benzene rings is 1. The minimum Gasteiger partial charge on any atom is -0.381 e. The molecule has 0 saturated carbocycles. The first kappa shape index (κ1) is 24.9. The number of anilines is 2. The van der Waals surface area contributed by atoms with Crippen molar-refractivity contribution >= 4 is 29.1 Å². The molecule has 1 amide bonds. The van der Waals surface area contributed by atoms with Crippen LogP contribution in [0.5, 0.6) is 0 Å². The number of nitrogens with one attached hydrogen (secondary N) is 1. The molecule has 0 unspecified atom stereocenters. The van der Waals surface area contributed by atoms with Crippen LogP contribution in [0.2, 0.25) is 0 Å². The van der Waals surface area contributed by atoms with Crippen molar-refractivity contribution in [1.29, 1.82) is 0 Å². The van der Waals surface area contributed by atoms with Crippen LogP contribution in [0, 0.1) is 0 Å². The number of carbonyl (C=O) groups excluding carboxylic acids is 1. The number of hydrogen-bond acceptors (Lipinski definition) is 6. The molecule has 0 aliphatic carbocycles. The number of ether oxygens (including phenoxy) is 1. The Bertz CT molecular complexity index is 1010. The molecular formula is C26H37N7O2. The van der Waals surface area contributed by atoms with Gasteiger partial charge in [-0.25, -0.2) is 4.98 Å². The third-order valence-corrected chi connectivity index (χ3v) is 7.07. The summed E-state index contributed by atoms with van der Waals surface area (Å²) >= 11 is 0. The predicted molar refractivity (Wildman–Crippen MR) is 140 cm³/mol. The second-order valence-electron chi connectivity index (χ2n) is 9.42. The first-order valence-electron chi connectivity index (χ1n) is 12.3. The van der Waals surface area contributed by atoms with Crippen molar-refractivity contribution in [2.24, 2.45) is 10.7 Å². The van der Waals surface area contributed by atoms with Crippen LogP contribution < -0.4 is 16.0 Å². The standard InChI is InChI=1S/C26H37N7O2/c1-31-15-10-21(11-16-31)32(2)25(34)19-6-8-20(9-7-19)29-26(27)30-24-23(5-4-14-28-24)33-17-12-22(35-3)13-18-33/h4-9,14,21-22H,10-13,15-18H2,1-3H3,(H3,27,28,29,30). The zero-order valence-electron chi connectivity index (χ0n) is 21.0. The number of carbonyl (C=O) groups is 1. The van der Waals surface area contributed by atoms with Gasteiger partial charge in [-0.1, -0.05) is 0 Å². The first-order valence-corrected chi connectivity index (χ1v) is 12.3. The number of aliphatic imine (C=N–C) groups is 1. The molecule has 35 heavy (non-hydrogen) atoms. The number of amides is 1. The smallest absolute Gasteiger partial charge is 0.253 e. The van der Waals surface area contributed by atoms with Gasteiger partial charge in [0.15, 0.2) is 11.8 Å². The summed E-state index contributed by atoms with van der Waals surface area (Å²) in [7, 11) is 5.79. The number of guanidine groups is 1. The van der Waals surface area contributed by atoms with Crippen LogP contribution in [0.25, 0.3) is 0 Å². The van der Waals surface area contributed by atoms with Gasteiger partial charge in [0.25, 0.3) is 5.91 Å². The Balaban J connectivity index is 1.39. The largest absolute Gasteiger partial charge is 0.381 e. The molecule has 188 valence electrons. The van der Waals surface area contributed by atoms with Gasteiger partial charge in [-0.05, 0) is 82.2 Å². The summed E-state index contributed by atoms with van der Waals surface area (Å²) in [5.74, 6) is 0.877. The molecule has 0 radical (unpaired) electrons. The monoisotopic (exact) mass is 479 g/mol. The molecule has 2 aromatic rings. The maximum atomic E-state index is 13.0. The van der Waals surface area contributed by atoms with Crippen molar-refractivity contribution in [3.63, 3.8) is 0 Å². The van der Waals surface area contributed by atoms with Crippen molar-refractivity contribution in [2.45, 2.75) is 37.8 Å². The number of likely N-dealkylation sites (tertiary alicyclic amines) is 1. The van der Waals surface area contributed by atoms with Gasteiger partial charge < -0.3 is 30.5 Å². The maximum absolute atomic E-state index is 13.0. The summed E-state index contributed by atoms with van der Waals surface area (Å²) < 4.78 is 5.48. The summed E-state index contributed by atoms with van der Waals surface area (Å²) in [6.45, 7) is 3.82. The van der Waals surface area contributed by atoms with Gasteiger partial charge in [0.05, 0.1) is 11.8 Å². The number of nitrogens with two attached hydrogens (primary N) is 1. The molecule has 3 N–H and O–H groups in total. The lowest BCUT2D eigenvalue weighted by Crippen LogP contribution is -2.44. The van der Waals surface area contributed by atoms with E-state index in [-0.39, 0.29) is 17.9 Å². The fourth-order valence-corrected chi connectivity index (χ4v) is 4.79. The second kappa shape index (κ2) is 11.5. The van der Waals surface area contributed by atoms with E-state index in [1.807, 2.05) is 48.3 Å². The molecule has 0 atom stereocenters. The van der Waals surface area contributed by atoms with Crippen LogP contribution in [-0.4, -0.2) is 86.2 Å². The minimum atomic E-state index is 0.0445. The Morgan fingerprint density at radius 1 is 1.11 bits per heavy atom. The molecule has 9 heteroatoms. The predicted octanol–water partition coefficient (Wildman–Crippen LogP) is 2.92. The van der Waals surface area contributed by atoms with Gasteiger partial charge in [-0.3, -0.25) is 4.79 Å². The van der Waals surface area contributed by atoms with Gasteiger partial charge in [0, 0.05) is 50.7 Å². The number of hydrogen-bond donors (Lipinski definition) is 2. The number of pyridine rings is 1. The molecule has 0 spiro atoms. The Morgan fingerprint density at radius 2 is 1.80 bits per heavy atom. The highest BCUT2D eigenvalue weighted by Gasteiger charge is 2.25. The molecule has 2 aliphatic heterocycles. The van der Waals surface area contributed by atoms with Crippen LogP contribution in [0.3, 0.4) is 0 Å². The number of piperidine rings is 2. The van der Waals surface area contributed by atoms with Crippen molar-refractivity contribution in [2.75, 3.05) is 57.6 Å². The van der Waals surface area contributed by atoms with E-state index < -0.39 is 0 Å². The maximum Gasteiger partial charge on any atom is 0.253 e. The van der Waals surface area contributed by atoms with E-state index >= 15 is 0 Å². The normalized spacial score (nSPS) is 18.5. The highest BCUT2D eigenvalue weighted by Crippen LogP contribution is 2.29. The molecule has 1 aromatic carbocycles. The lowest BCUT2D eigenvalue weighted by atomic mass is 10.0. The van der Waals surface area contributed by atoms with Crippen LogP contribution in [0.4, 0.5) is 17.2 Å². The highest BCUT2D eigenvalue weighted by atomic mass is 16.5. The zero-order valence-corrected chi connectivity index (χ0v) is 21.0. The van der Waals surface area contributed by atoms with Gasteiger partial charge in [-0.2, -0.15) is 4.99 Å². The van der Waals surface area contributed by atoms with Gasteiger partial charge in [0.2, 0.25) is 0 Å². The summed E-state index contributed by atoms with van der Waals surface area (Å²) in [5, 5.41) is 3.12. The molecule has 2 saturated heterocycles. The van der Waals surface area contributed by atoms with E-state index in [1.165, 1.54) is 0 Å². The van der Waals surface area contributed by atoms with E-state index in [0.29, 0.717) is 17.5 Å². The second-order valence-corrected chi connectivity index (χ2v) is 9.42. The number of methoxy groups -OCH3 is 1. The topological polar surface area (TPSA) is 99.3 Å². The van der Waals surface area contributed by atoms with E-state index in [2.05, 4.69) is 32.1 Å². The van der Waals surface area contributed by atoms with Crippen LogP contribution in [-0.2, 0) is 4.74 Å². The molecule has 9 nitrogen and oxygen atoms in total. The molecular weight excluding hydrogens is 442 g/mol. The van der Waals surface area contributed by atoms with Crippen molar-refractivity contribution in [1.82, 2.24) is 14.8 Å². The molecule has 0 bridgehead atoms. The quantitative estimate of drug-likeness (QED) is 0.485. The van der Waals surface area contributed by atoms with Crippen LogP contribution in [0.15, 0.2) is 47.6 Å². The third-order valence-electron chi connectivity index (χ3n) is 7.07. The van der Waals surface area contributed by atoms with E-state index in [9.17, 15) is 4.79 Å². The molecule has 2 fully saturated rings. The van der Waals surface area contributed by atoms with E-state index in [0.717, 1.165) is 63.2 Å². The van der Waals surface area contributed by atoms with Gasteiger partial charge >= 0.3 is 0 Å². The van der Waals surface area contributed by atoms with Crippen molar-refractivity contribution < 1.29 is 9.53 Å². The summed E-state index contributed by atoms with van der Waals surface area (Å²) in [4.78, 5) is 28.4. The molecule has 3 heterocycles. The Labute approximate surface area is 208 Å². The lowest BCUT2D eigenvalue weighted by molar-refractivity contribution is 0.0659. The fourth-order valence-electron chi connectivity index (χ4n) is 4.79. The lowest BCUT2D eigenvalue weighted by Gasteiger charge is -2.35. The Morgan fingerprint density at radius 3 is 2.46 bits per heavy atom. The number of nitrogens with zero attached hydrogens (tertiary/aromatic N) is 5. The number of aromatic nitrogens is 1. The van der Waals surface area contributed by atoms with E-state index in [1.54, 1.807) is 13.3 Å². The average molecular weight is 480 g/mol. The van der Waals surface area contributed by atoms with E-state index in [4.69, 9.17) is 10.5 Å². The summed E-state index contributed by atoms with van der Waals surface area (Å²) in [6.07, 6.45) is 5.98. The minimum absolute atomic E-state index is 0.0445. The summed E-state index contributed by atoms with van der Waals surface area (Å²) in [5.41, 5.74) is 8.61. The number of rotatable bonds is 6. The SMILES string of the molecule is COC1CCN(c2cccnc2N=C(N)Nc2ccc(C(=O)N(C)C3CCN(C)CC3)cc2)CC1. The zero-order chi connectivity index (χ0) is 24.8. The van der Waals surface area contributed by atoms with Gasteiger partial charge in [0.1, 0.15) is 0 Å². The molecule has 1 aromatic heterocycles. The first-order chi connectivity index (χ1) is 16.9. The summed E-state index contributed by atoms with van der Waals surface area (Å²) in [6, 6.07) is 11.6. The fraction of sp³-hybridized carbons (Fsp3) is 0.500. The third kappa shape index (κ3) is 6.29. The Kier molecular flexibility index (Phi) is 8.20.